The molecule has 0 aromatic heterocycles. The van der Waals surface area contributed by atoms with Crippen molar-refractivity contribution in [1.82, 2.24) is 4.90 Å². The molecule has 0 amide bonds. The molecule has 2 nitrogen and oxygen atoms in total. The number of hydrogen-bond donors (Lipinski definition) is 0. The molecule has 0 spiro atoms. The Morgan fingerprint density at radius 3 is 2.33 bits per heavy atom. The predicted octanol–water partition coefficient (Wildman–Crippen LogP) is 3.35. The average Bonchev–Trinajstić information content (AvgIpc) is 2.29. The fourth-order valence-electron chi connectivity index (χ4n) is 2.28. The number of benzene rings is 1. The first-order valence-corrected chi connectivity index (χ1v) is 6.97. The summed E-state index contributed by atoms with van der Waals surface area (Å²) >= 11 is 5.91. The summed E-state index contributed by atoms with van der Waals surface area (Å²) in [4.78, 5) is 14.7. The van der Waals surface area contributed by atoms with Crippen LogP contribution in [0.1, 0.15) is 31.7 Å². The maximum Gasteiger partial charge on any atom is 0.144 e. The van der Waals surface area contributed by atoms with Crippen molar-refractivity contribution >= 4 is 17.4 Å². The molecule has 1 atom stereocenters. The number of Topliss-reactive ketones (excluding diaryl/α,β-unsaturated/α-hetero) is 1. The van der Waals surface area contributed by atoms with Crippen LogP contribution in [0.25, 0.3) is 0 Å². The van der Waals surface area contributed by atoms with Crippen LogP contribution in [0.3, 0.4) is 0 Å². The molecule has 0 bridgehead atoms. The van der Waals surface area contributed by atoms with Gasteiger partial charge in [-0.2, -0.15) is 0 Å². The first-order chi connectivity index (χ1) is 8.58. The summed E-state index contributed by atoms with van der Waals surface area (Å²) in [6, 6.07) is 7.70. The van der Waals surface area contributed by atoms with E-state index in [0.717, 1.165) is 30.2 Å². The highest BCUT2D eigenvalue weighted by atomic mass is 35.5. The van der Waals surface area contributed by atoms with Gasteiger partial charge in [-0.1, -0.05) is 37.6 Å². The molecule has 1 aliphatic heterocycles. The number of likely N-dealkylation sites (tertiary alicyclic amines) is 1. The van der Waals surface area contributed by atoms with Gasteiger partial charge in [0.15, 0.2) is 0 Å². The third kappa shape index (κ3) is 3.12. The van der Waals surface area contributed by atoms with Crippen molar-refractivity contribution in [3.63, 3.8) is 0 Å². The molecule has 1 aromatic rings. The normalized spacial score (nSPS) is 17.6. The van der Waals surface area contributed by atoms with Crippen molar-refractivity contribution in [2.75, 3.05) is 19.6 Å². The van der Waals surface area contributed by atoms with E-state index in [1.54, 1.807) is 0 Å². The molecule has 0 saturated carbocycles. The highest BCUT2D eigenvalue weighted by Crippen LogP contribution is 2.25. The van der Waals surface area contributed by atoms with Crippen LogP contribution in [0.4, 0.5) is 0 Å². The molecule has 18 heavy (non-hydrogen) atoms. The van der Waals surface area contributed by atoms with Gasteiger partial charge in [0.25, 0.3) is 0 Å². The average molecular weight is 266 g/mol. The highest BCUT2D eigenvalue weighted by Gasteiger charge is 2.27. The topological polar surface area (TPSA) is 20.3 Å². The van der Waals surface area contributed by atoms with Gasteiger partial charge in [0, 0.05) is 17.5 Å². The van der Waals surface area contributed by atoms with Crippen LogP contribution in [0.15, 0.2) is 24.3 Å². The van der Waals surface area contributed by atoms with E-state index in [4.69, 9.17) is 11.6 Å². The van der Waals surface area contributed by atoms with Crippen LogP contribution in [0, 0.1) is 5.92 Å². The first kappa shape index (κ1) is 13.6. The van der Waals surface area contributed by atoms with E-state index in [2.05, 4.69) is 4.90 Å². The molecule has 0 radical (unpaired) electrons. The van der Waals surface area contributed by atoms with Gasteiger partial charge >= 0.3 is 0 Å². The summed E-state index contributed by atoms with van der Waals surface area (Å²) in [5.74, 6) is 0.388. The number of ketones is 1. The Labute approximate surface area is 114 Å². The van der Waals surface area contributed by atoms with Gasteiger partial charge in [0.1, 0.15) is 5.78 Å². The number of carbonyl (C=O) groups excluding carboxylic acids is 1. The van der Waals surface area contributed by atoms with E-state index in [-0.39, 0.29) is 11.8 Å². The molecule has 98 valence electrons. The Balaban J connectivity index is 2.17. The first-order valence-electron chi connectivity index (χ1n) is 6.59. The zero-order valence-electron chi connectivity index (χ0n) is 11.0. The van der Waals surface area contributed by atoms with Gasteiger partial charge in [-0.3, -0.25) is 4.79 Å². The minimum absolute atomic E-state index is 0.0115. The quantitative estimate of drug-likeness (QED) is 0.814. The third-order valence-electron chi connectivity index (χ3n) is 3.57. The second-order valence-corrected chi connectivity index (χ2v) is 5.75. The van der Waals surface area contributed by atoms with Crippen molar-refractivity contribution in [3.8, 4) is 0 Å². The maximum absolute atomic E-state index is 12.3. The Kier molecular flexibility index (Phi) is 4.41. The summed E-state index contributed by atoms with van der Waals surface area (Å²) in [5, 5.41) is 0.721. The van der Waals surface area contributed by atoms with Crippen molar-refractivity contribution in [3.05, 3.63) is 34.9 Å². The van der Waals surface area contributed by atoms with Crippen LogP contribution in [0.2, 0.25) is 5.02 Å². The molecular formula is C15H20ClNO. The third-order valence-corrected chi connectivity index (χ3v) is 3.83. The second kappa shape index (κ2) is 5.85. The molecule has 3 heteroatoms. The number of rotatable bonds is 5. The molecule has 1 aromatic carbocycles. The van der Waals surface area contributed by atoms with E-state index in [1.165, 1.54) is 6.42 Å². The Morgan fingerprint density at radius 1 is 1.28 bits per heavy atom. The van der Waals surface area contributed by atoms with Gasteiger partial charge in [-0.05, 0) is 37.2 Å². The summed E-state index contributed by atoms with van der Waals surface area (Å²) in [5.41, 5.74) is 1.09. The van der Waals surface area contributed by atoms with E-state index in [0.29, 0.717) is 5.78 Å². The van der Waals surface area contributed by atoms with E-state index in [1.807, 2.05) is 38.1 Å². The van der Waals surface area contributed by atoms with Crippen LogP contribution in [0.5, 0.6) is 0 Å². The lowest BCUT2D eigenvalue weighted by molar-refractivity contribution is -0.124. The standard InChI is InChI=1S/C15H20ClNO/c1-11(2)15(18)14(10-17-8-3-9-17)12-4-6-13(16)7-5-12/h4-7,11,14H,3,8-10H2,1-2H3/t14-/m1/s1. The molecule has 1 fully saturated rings. The van der Waals surface area contributed by atoms with E-state index < -0.39 is 0 Å². The van der Waals surface area contributed by atoms with Crippen molar-refractivity contribution < 1.29 is 4.79 Å². The Hall–Kier alpha value is -0.860. The number of hydrogen-bond acceptors (Lipinski definition) is 2. The van der Waals surface area contributed by atoms with E-state index in [9.17, 15) is 4.79 Å². The fraction of sp³-hybridized carbons (Fsp3) is 0.533. The van der Waals surface area contributed by atoms with Crippen LogP contribution >= 0.6 is 11.6 Å². The molecule has 0 unspecified atom stereocenters. The SMILES string of the molecule is CC(C)C(=O)[C@H](CN1CCC1)c1ccc(Cl)cc1. The van der Waals surface area contributed by atoms with Crippen molar-refractivity contribution in [2.24, 2.45) is 5.92 Å². The second-order valence-electron chi connectivity index (χ2n) is 5.32. The van der Waals surface area contributed by atoms with Crippen LogP contribution in [-0.4, -0.2) is 30.3 Å². The summed E-state index contributed by atoms with van der Waals surface area (Å²) in [7, 11) is 0. The lowest BCUT2D eigenvalue weighted by atomic mass is 9.88. The fourth-order valence-corrected chi connectivity index (χ4v) is 2.41. The lowest BCUT2D eigenvalue weighted by Gasteiger charge is -2.34. The molecule has 0 aliphatic carbocycles. The summed E-state index contributed by atoms with van der Waals surface area (Å²) in [6.45, 7) is 7.03. The molecular weight excluding hydrogens is 246 g/mol. The molecule has 1 saturated heterocycles. The zero-order chi connectivity index (χ0) is 13.1. The smallest absolute Gasteiger partial charge is 0.144 e. The minimum atomic E-state index is -0.0115. The number of nitrogens with zero attached hydrogens (tertiary/aromatic N) is 1. The molecule has 1 heterocycles. The van der Waals surface area contributed by atoms with Gasteiger partial charge in [-0.25, -0.2) is 0 Å². The molecule has 2 rings (SSSR count). The number of halogens is 1. The van der Waals surface area contributed by atoms with E-state index >= 15 is 0 Å². The van der Waals surface area contributed by atoms with Crippen molar-refractivity contribution in [2.45, 2.75) is 26.2 Å². The van der Waals surface area contributed by atoms with Crippen LogP contribution in [-0.2, 0) is 4.79 Å². The van der Waals surface area contributed by atoms with Gasteiger partial charge in [0.2, 0.25) is 0 Å². The maximum atomic E-state index is 12.3. The van der Waals surface area contributed by atoms with Gasteiger partial charge in [-0.15, -0.1) is 0 Å². The minimum Gasteiger partial charge on any atom is -0.302 e. The lowest BCUT2D eigenvalue weighted by Crippen LogP contribution is -2.42. The summed E-state index contributed by atoms with van der Waals surface area (Å²) < 4.78 is 0. The summed E-state index contributed by atoms with van der Waals surface area (Å²) in [6.07, 6.45) is 1.25. The largest absolute Gasteiger partial charge is 0.302 e. The molecule has 0 N–H and O–H groups in total. The van der Waals surface area contributed by atoms with Crippen molar-refractivity contribution in [1.29, 1.82) is 0 Å². The molecule has 1 aliphatic rings. The Bertz CT molecular complexity index is 409. The highest BCUT2D eigenvalue weighted by molar-refractivity contribution is 6.30. The predicted molar refractivity (Wildman–Crippen MR) is 75.1 cm³/mol. The van der Waals surface area contributed by atoms with Crippen LogP contribution < -0.4 is 0 Å². The number of carbonyl (C=O) groups is 1. The van der Waals surface area contributed by atoms with Gasteiger partial charge < -0.3 is 4.90 Å². The monoisotopic (exact) mass is 265 g/mol. The zero-order valence-corrected chi connectivity index (χ0v) is 11.8. The van der Waals surface area contributed by atoms with Gasteiger partial charge in [0.05, 0.1) is 5.92 Å². The Morgan fingerprint density at radius 2 is 1.89 bits per heavy atom.